The fraction of sp³-hybridized carbons (Fsp3) is 0.865. The van der Waals surface area contributed by atoms with Crippen LogP contribution in [0.5, 0.6) is 0 Å². The summed E-state index contributed by atoms with van der Waals surface area (Å²) in [5, 5.41) is 22.8. The highest BCUT2D eigenvalue weighted by atomic mass is 16.3. The van der Waals surface area contributed by atoms with Crippen molar-refractivity contribution in [3.63, 3.8) is 0 Å². The number of allylic oxidation sites excluding steroid dienone is 3. The summed E-state index contributed by atoms with van der Waals surface area (Å²) in [7, 11) is 0. The molecular formula is C37H71NO3. The van der Waals surface area contributed by atoms with Crippen LogP contribution in [0, 0.1) is 0 Å². The van der Waals surface area contributed by atoms with E-state index in [2.05, 4.69) is 31.3 Å². The summed E-state index contributed by atoms with van der Waals surface area (Å²) in [4.78, 5) is 12.3. The van der Waals surface area contributed by atoms with Gasteiger partial charge in [-0.15, -0.1) is 0 Å². The largest absolute Gasteiger partial charge is 0.394 e. The maximum atomic E-state index is 12.3. The molecule has 0 spiro atoms. The number of hydrogen-bond acceptors (Lipinski definition) is 3. The Labute approximate surface area is 256 Å². The van der Waals surface area contributed by atoms with Gasteiger partial charge in [0, 0.05) is 6.42 Å². The van der Waals surface area contributed by atoms with Crippen molar-refractivity contribution in [2.45, 2.75) is 199 Å². The second kappa shape index (κ2) is 33.4. The maximum Gasteiger partial charge on any atom is 0.220 e. The van der Waals surface area contributed by atoms with E-state index in [0.29, 0.717) is 6.42 Å². The molecule has 0 saturated heterocycles. The number of amides is 1. The molecule has 0 aromatic rings. The molecule has 4 heteroatoms. The minimum Gasteiger partial charge on any atom is -0.394 e. The van der Waals surface area contributed by atoms with Gasteiger partial charge < -0.3 is 15.5 Å². The highest BCUT2D eigenvalue weighted by molar-refractivity contribution is 5.76. The molecule has 0 fully saturated rings. The highest BCUT2D eigenvalue weighted by Gasteiger charge is 2.17. The smallest absolute Gasteiger partial charge is 0.220 e. The van der Waals surface area contributed by atoms with E-state index >= 15 is 0 Å². The van der Waals surface area contributed by atoms with E-state index in [9.17, 15) is 15.0 Å². The molecule has 41 heavy (non-hydrogen) atoms. The van der Waals surface area contributed by atoms with E-state index in [4.69, 9.17) is 0 Å². The molecule has 0 heterocycles. The molecule has 0 aromatic heterocycles. The van der Waals surface area contributed by atoms with Gasteiger partial charge >= 0.3 is 0 Å². The lowest BCUT2D eigenvalue weighted by Crippen LogP contribution is -2.45. The van der Waals surface area contributed by atoms with Crippen LogP contribution in [0.15, 0.2) is 24.3 Å². The monoisotopic (exact) mass is 578 g/mol. The van der Waals surface area contributed by atoms with Crippen LogP contribution in [0.1, 0.15) is 187 Å². The number of aliphatic hydroxyl groups excluding tert-OH is 2. The van der Waals surface area contributed by atoms with Crippen LogP contribution in [-0.4, -0.2) is 34.9 Å². The fourth-order valence-corrected chi connectivity index (χ4v) is 5.37. The average molecular weight is 578 g/mol. The molecule has 0 bridgehead atoms. The molecule has 0 aliphatic rings. The molecule has 0 rings (SSSR count). The summed E-state index contributed by atoms with van der Waals surface area (Å²) in [6.45, 7) is 4.28. The van der Waals surface area contributed by atoms with Crippen LogP contribution in [0.25, 0.3) is 0 Å². The number of unbranched alkanes of at least 4 members (excludes halogenated alkanes) is 23. The fourth-order valence-electron chi connectivity index (χ4n) is 5.37. The van der Waals surface area contributed by atoms with Crippen LogP contribution in [-0.2, 0) is 4.79 Å². The number of hydrogen-bond donors (Lipinski definition) is 3. The third-order valence-electron chi connectivity index (χ3n) is 8.19. The topological polar surface area (TPSA) is 69.6 Å². The Hall–Kier alpha value is -1.13. The standard InChI is InChI=1S/C37H71NO3/c1-3-5-7-9-11-13-15-17-18-19-20-21-22-24-26-28-30-32-36(40)35(34-39)38-37(41)33-31-29-27-25-23-16-14-12-10-8-6-4-2/h22,24,30,32,35-36,39-40H,3-21,23,25-29,31,33-34H2,1-2H3,(H,38,41)/b24-22+,32-30+/t35-,36+/m0/s1. The van der Waals surface area contributed by atoms with E-state index in [0.717, 1.165) is 32.1 Å². The van der Waals surface area contributed by atoms with Gasteiger partial charge in [-0.3, -0.25) is 4.79 Å². The van der Waals surface area contributed by atoms with Crippen molar-refractivity contribution in [3.8, 4) is 0 Å². The number of carbonyl (C=O) groups is 1. The van der Waals surface area contributed by atoms with Crippen LogP contribution in [0.3, 0.4) is 0 Å². The summed E-state index contributed by atoms with van der Waals surface area (Å²) in [5.74, 6) is -0.0751. The predicted octanol–water partition coefficient (Wildman–Crippen LogP) is 10.5. The van der Waals surface area contributed by atoms with Gasteiger partial charge in [0.15, 0.2) is 0 Å². The van der Waals surface area contributed by atoms with Gasteiger partial charge in [0.05, 0.1) is 18.8 Å². The molecule has 0 saturated carbocycles. The summed E-state index contributed by atoms with van der Waals surface area (Å²) in [5.41, 5.74) is 0. The minimum absolute atomic E-state index is 0.0751. The molecule has 3 N–H and O–H groups in total. The number of rotatable bonds is 32. The predicted molar refractivity (Wildman–Crippen MR) is 179 cm³/mol. The summed E-state index contributed by atoms with van der Waals surface area (Å²) in [6, 6.07) is -0.632. The maximum absolute atomic E-state index is 12.3. The van der Waals surface area contributed by atoms with E-state index in [1.165, 1.54) is 135 Å². The third-order valence-corrected chi connectivity index (χ3v) is 8.19. The first-order chi connectivity index (χ1) is 20.2. The zero-order valence-corrected chi connectivity index (χ0v) is 27.6. The summed E-state index contributed by atoms with van der Waals surface area (Å²) >= 11 is 0. The Balaban J connectivity index is 3.67. The SMILES string of the molecule is CCCCCCCCCCCCC/C=C/CC/C=C/[C@@H](O)[C@H](CO)NC(=O)CCCCCCCCCCCCCC. The summed E-state index contributed by atoms with van der Waals surface area (Å²) < 4.78 is 0. The normalized spacial score (nSPS) is 13.4. The van der Waals surface area contributed by atoms with Gasteiger partial charge in [-0.25, -0.2) is 0 Å². The summed E-state index contributed by atoms with van der Waals surface area (Å²) in [6.07, 6.45) is 41.2. The third kappa shape index (κ3) is 30.1. The van der Waals surface area contributed by atoms with Gasteiger partial charge in [-0.2, -0.15) is 0 Å². The first-order valence-corrected chi connectivity index (χ1v) is 18.1. The van der Waals surface area contributed by atoms with E-state index in [1.807, 2.05) is 6.08 Å². The van der Waals surface area contributed by atoms with E-state index < -0.39 is 12.1 Å². The van der Waals surface area contributed by atoms with Crippen molar-refractivity contribution < 1.29 is 15.0 Å². The van der Waals surface area contributed by atoms with Crippen molar-refractivity contribution in [2.75, 3.05) is 6.61 Å². The van der Waals surface area contributed by atoms with Crippen LogP contribution >= 0.6 is 0 Å². The van der Waals surface area contributed by atoms with Gasteiger partial charge in [0.25, 0.3) is 0 Å². The molecule has 242 valence electrons. The molecule has 1 amide bonds. The Bertz CT molecular complexity index is 589. The van der Waals surface area contributed by atoms with E-state index in [1.54, 1.807) is 6.08 Å². The molecule has 0 aromatic carbocycles. The van der Waals surface area contributed by atoms with Crippen LogP contribution < -0.4 is 5.32 Å². The number of nitrogens with one attached hydrogen (secondary N) is 1. The molecule has 4 nitrogen and oxygen atoms in total. The Kier molecular flexibility index (Phi) is 32.5. The zero-order chi connectivity index (χ0) is 30.1. The second-order valence-corrected chi connectivity index (χ2v) is 12.3. The van der Waals surface area contributed by atoms with Crippen molar-refractivity contribution in [2.24, 2.45) is 0 Å². The van der Waals surface area contributed by atoms with Gasteiger partial charge in [0.1, 0.15) is 0 Å². The van der Waals surface area contributed by atoms with Crippen molar-refractivity contribution >= 4 is 5.91 Å². The second-order valence-electron chi connectivity index (χ2n) is 12.3. The highest BCUT2D eigenvalue weighted by Crippen LogP contribution is 2.14. The molecular weight excluding hydrogens is 506 g/mol. The first kappa shape index (κ1) is 39.9. The van der Waals surface area contributed by atoms with Gasteiger partial charge in [-0.05, 0) is 32.1 Å². The molecule has 2 atom stereocenters. The molecule has 0 radical (unpaired) electrons. The lowest BCUT2D eigenvalue weighted by atomic mass is 10.0. The first-order valence-electron chi connectivity index (χ1n) is 18.1. The van der Waals surface area contributed by atoms with E-state index in [-0.39, 0.29) is 12.5 Å². The van der Waals surface area contributed by atoms with Crippen molar-refractivity contribution in [3.05, 3.63) is 24.3 Å². The number of aliphatic hydroxyl groups is 2. The Morgan fingerprint density at radius 3 is 1.41 bits per heavy atom. The van der Waals surface area contributed by atoms with Crippen LogP contribution in [0.2, 0.25) is 0 Å². The lowest BCUT2D eigenvalue weighted by molar-refractivity contribution is -0.123. The van der Waals surface area contributed by atoms with Crippen LogP contribution in [0.4, 0.5) is 0 Å². The minimum atomic E-state index is -0.855. The van der Waals surface area contributed by atoms with Gasteiger partial charge in [0.2, 0.25) is 5.91 Å². The van der Waals surface area contributed by atoms with Crippen molar-refractivity contribution in [1.29, 1.82) is 0 Å². The van der Waals surface area contributed by atoms with Gasteiger partial charge in [-0.1, -0.05) is 173 Å². The Morgan fingerprint density at radius 2 is 0.951 bits per heavy atom. The zero-order valence-electron chi connectivity index (χ0n) is 27.6. The molecule has 0 unspecified atom stereocenters. The molecule has 0 aliphatic heterocycles. The molecule has 0 aliphatic carbocycles. The quantitative estimate of drug-likeness (QED) is 0.0550. The number of carbonyl (C=O) groups excluding carboxylic acids is 1. The average Bonchev–Trinajstić information content (AvgIpc) is 2.97. The van der Waals surface area contributed by atoms with Crippen molar-refractivity contribution in [1.82, 2.24) is 5.32 Å². The lowest BCUT2D eigenvalue weighted by Gasteiger charge is -2.19. The Morgan fingerprint density at radius 1 is 0.561 bits per heavy atom.